The van der Waals surface area contributed by atoms with Crippen molar-refractivity contribution in [3.63, 3.8) is 0 Å². The fourth-order valence-electron chi connectivity index (χ4n) is 8.65. The molecule has 2 unspecified atom stereocenters. The zero-order valence-corrected chi connectivity index (χ0v) is 43.1. The Morgan fingerprint density at radius 2 is 0.885 bits per heavy atom. The Morgan fingerprint density at radius 3 is 1.18 bits per heavy atom. The van der Waals surface area contributed by atoms with Gasteiger partial charge in [-0.25, -0.2) is 0 Å². The van der Waals surface area contributed by atoms with Gasteiger partial charge in [-0.2, -0.15) is 0 Å². The molecule has 1 saturated heterocycles. The molecule has 0 aliphatic carbocycles. The molecule has 0 amide bonds. The van der Waals surface area contributed by atoms with Crippen molar-refractivity contribution in [1.82, 2.24) is 9.62 Å². The van der Waals surface area contributed by atoms with Crippen LogP contribution in [-0.2, 0) is 19.4 Å². The number of anilines is 2. The minimum absolute atomic E-state index is 0.0701. The van der Waals surface area contributed by atoms with E-state index in [1.165, 1.54) is 65.5 Å². The number of hydrogen-bond acceptors (Lipinski definition) is 6. The molecule has 2 N–H and O–H groups in total. The minimum Gasteiger partial charge on any atom is -0.393 e. The minimum atomic E-state index is -0.375. The van der Waals surface area contributed by atoms with Crippen molar-refractivity contribution in [2.75, 3.05) is 37.8 Å². The third-order valence-corrected chi connectivity index (χ3v) is 13.0. The molecule has 0 aromatic heterocycles. The van der Waals surface area contributed by atoms with Crippen LogP contribution in [0, 0.1) is 6.07 Å². The summed E-state index contributed by atoms with van der Waals surface area (Å²) in [6, 6.07) is 29.8. The molecule has 6 nitrogen and oxygen atoms in total. The molecule has 4 aromatic carbocycles. The van der Waals surface area contributed by atoms with Gasteiger partial charge in [-0.3, -0.25) is 0 Å². The monoisotopic (exact) mass is 1010 g/mol. The predicted octanol–water partition coefficient (Wildman–Crippen LogP) is 11.8. The Labute approximate surface area is 383 Å². The van der Waals surface area contributed by atoms with E-state index in [1.54, 1.807) is 13.8 Å². The molecule has 4 aromatic rings. The molecule has 0 saturated carbocycles. The first kappa shape index (κ1) is 50.7. The van der Waals surface area contributed by atoms with Gasteiger partial charge in [-0.05, 0) is 20.3 Å². The molecule has 0 spiro atoms. The Morgan fingerprint density at radius 1 is 0.525 bits per heavy atom. The molecule has 1 fully saturated rings. The average Bonchev–Trinajstić information content (AvgIpc) is 3.49. The van der Waals surface area contributed by atoms with E-state index in [0.717, 1.165) is 5.69 Å². The van der Waals surface area contributed by atoms with Gasteiger partial charge in [0.1, 0.15) is 0 Å². The zero-order valence-electron chi connectivity index (χ0n) is 40.8. The molecule has 1 aliphatic rings. The van der Waals surface area contributed by atoms with Crippen LogP contribution in [0.1, 0.15) is 172 Å². The summed E-state index contributed by atoms with van der Waals surface area (Å²) in [7, 11) is 8.79. The number of aliphatic hydroxyl groups excluding tert-OH is 2. The topological polar surface area (TPSA) is 53.4 Å². The van der Waals surface area contributed by atoms with E-state index in [0.29, 0.717) is 41.9 Å². The summed E-state index contributed by atoms with van der Waals surface area (Å²) in [5.74, 6) is 2.72. The quantitative estimate of drug-likeness (QED) is 0.0970. The van der Waals surface area contributed by atoms with Gasteiger partial charge in [0.05, 0.1) is 12.2 Å². The van der Waals surface area contributed by atoms with Crippen molar-refractivity contribution in [2.24, 2.45) is 0 Å². The maximum absolute atomic E-state index is 8.56. The Hall–Kier alpha value is -2.99. The van der Waals surface area contributed by atoms with Crippen LogP contribution in [0.15, 0.2) is 66.7 Å². The van der Waals surface area contributed by atoms with Gasteiger partial charge < -0.3 is 10.2 Å². The standard InChI is InChI=1S/C47H65B2N4.C5H12O2.Pt/c1-30(2)38-25-42(32(5)6)46(43(26-38)33(7)8)36-17-21-40(22-18-36)52-29-53(49(51(15)16)48(52)50(13)14)41-23-19-37(20-24-41)47-44(34(9)10)27-39(31(3)4)28-45(47)35(11)12;1-4(6)3-5(2)7;/h17-23,25-28,30-35H,1-16H3;4-7H,3H2,1-2H3;/q-1;;. The van der Waals surface area contributed by atoms with Crippen LogP contribution in [0.4, 0.5) is 11.4 Å². The van der Waals surface area contributed by atoms with Crippen molar-refractivity contribution in [3.8, 4) is 22.3 Å². The summed E-state index contributed by atoms with van der Waals surface area (Å²) < 4.78 is 1.17. The van der Waals surface area contributed by atoms with Gasteiger partial charge in [0.15, 0.2) is 0 Å². The van der Waals surface area contributed by atoms with Crippen LogP contribution >= 0.6 is 0 Å². The maximum Gasteiger partial charge on any atom is 0.0536 e. The number of nitrogens with zero attached hydrogens (tertiary/aromatic N) is 4. The first-order chi connectivity index (χ1) is 28.5. The Kier molecular flexibility index (Phi) is 17.9. The van der Waals surface area contributed by atoms with Gasteiger partial charge in [-0.15, -0.1) is 0 Å². The second-order valence-corrected chi connectivity index (χ2v) is 20.8. The summed E-state index contributed by atoms with van der Waals surface area (Å²) in [4.78, 5) is 9.67. The van der Waals surface area contributed by atoms with Crippen LogP contribution in [0.25, 0.3) is 22.3 Å². The van der Waals surface area contributed by atoms with E-state index in [1.807, 2.05) is 0 Å². The van der Waals surface area contributed by atoms with Gasteiger partial charge in [0.2, 0.25) is 0 Å². The molecule has 1 aliphatic heterocycles. The average molecular weight is 1010 g/mol. The fraction of sp³-hybridized carbons (Fsp3) is 0.519. The van der Waals surface area contributed by atoms with Gasteiger partial charge in [0.25, 0.3) is 0 Å². The van der Waals surface area contributed by atoms with Crippen molar-refractivity contribution in [2.45, 2.75) is 151 Å². The number of hydrogen-bond donors (Lipinski definition) is 2. The fourth-order valence-corrected chi connectivity index (χ4v) is 9.82. The summed E-state index contributed by atoms with van der Waals surface area (Å²) in [6.07, 6.45) is -0.278. The number of aliphatic hydroxyl groups is 2. The van der Waals surface area contributed by atoms with Crippen molar-refractivity contribution in [1.29, 1.82) is 0 Å². The SMILES string of the molecule is CC(C)c1cc(C(C)C)c(-c2c[c-]c(N3B(N(C)C)B(N(C)C)N(c4ccc(-c5c(C(C)C)cc(C(C)C)cc5C(C)C)cc4)[C]3=[Pt])cc2)c(C(C)C)c1.CC(O)CC(C)O. The first-order valence-electron chi connectivity index (χ1n) is 22.7. The Bertz CT molecular complexity index is 1850. The largest absolute Gasteiger partial charge is 0.393 e. The summed E-state index contributed by atoms with van der Waals surface area (Å²) >= 11 is 2.55. The van der Waals surface area contributed by atoms with Crippen LogP contribution in [0.3, 0.4) is 0 Å². The van der Waals surface area contributed by atoms with Gasteiger partial charge in [-0.1, -0.05) is 0 Å². The molecule has 61 heavy (non-hydrogen) atoms. The van der Waals surface area contributed by atoms with E-state index < -0.39 is 0 Å². The third kappa shape index (κ3) is 11.8. The van der Waals surface area contributed by atoms with Crippen molar-refractivity contribution in [3.05, 3.63) is 106 Å². The van der Waals surface area contributed by atoms with Gasteiger partial charge >= 0.3 is 343 Å². The molecule has 1 heterocycles. The van der Waals surface area contributed by atoms with Crippen LogP contribution < -0.4 is 9.62 Å². The molecular weight excluding hydrogens is 929 g/mol. The second-order valence-electron chi connectivity index (χ2n) is 19.8. The molecule has 9 heteroatoms. The molecule has 2 atom stereocenters. The van der Waals surface area contributed by atoms with Crippen LogP contribution in [0.2, 0.25) is 0 Å². The van der Waals surface area contributed by atoms with Crippen molar-refractivity contribution >= 4 is 29.3 Å². The summed E-state index contributed by atoms with van der Waals surface area (Å²) in [6.45, 7) is 31.3. The second kappa shape index (κ2) is 21.6. The molecule has 0 radical (unpaired) electrons. The van der Waals surface area contributed by atoms with Crippen molar-refractivity contribution < 1.29 is 29.6 Å². The number of rotatable bonds is 14. The summed E-state index contributed by atoms with van der Waals surface area (Å²) in [5, 5.41) is 17.1. The van der Waals surface area contributed by atoms with Crippen LogP contribution in [-0.4, -0.2) is 78.1 Å². The van der Waals surface area contributed by atoms with E-state index in [2.05, 4.69) is 223 Å². The normalized spacial score (nSPS) is 14.6. The molecule has 0 bridgehead atoms. The van der Waals surface area contributed by atoms with E-state index in [-0.39, 0.29) is 26.0 Å². The van der Waals surface area contributed by atoms with E-state index in [9.17, 15) is 0 Å². The molecule has 334 valence electrons. The molecular formula is C52H77B2N4O2Pt-. The maximum atomic E-state index is 8.56. The number of benzene rings is 4. The van der Waals surface area contributed by atoms with E-state index >= 15 is 0 Å². The predicted molar refractivity (Wildman–Crippen MR) is 264 cm³/mol. The zero-order chi connectivity index (χ0) is 45.8. The van der Waals surface area contributed by atoms with Crippen LogP contribution in [0.5, 0.6) is 0 Å². The third-order valence-electron chi connectivity index (χ3n) is 11.9. The summed E-state index contributed by atoms with van der Waals surface area (Å²) in [5.41, 5.74) is 16.2. The smallest absolute Gasteiger partial charge is 0.0536 e. The first-order valence-corrected chi connectivity index (χ1v) is 23.9. The van der Waals surface area contributed by atoms with Gasteiger partial charge in [0, 0.05) is 0 Å². The van der Waals surface area contributed by atoms with E-state index in [4.69, 9.17) is 10.2 Å². The molecule has 5 rings (SSSR count). The Balaban J connectivity index is 0.00000107.